The molecule has 0 saturated heterocycles. The third-order valence-electron chi connectivity index (χ3n) is 2.58. The van der Waals surface area contributed by atoms with Crippen molar-refractivity contribution in [2.75, 3.05) is 0 Å². The van der Waals surface area contributed by atoms with Crippen LogP contribution in [0.5, 0.6) is 23.0 Å². The fraction of sp³-hybridized carbons (Fsp3) is 0.143. The molecule has 0 aliphatic heterocycles. The summed E-state index contributed by atoms with van der Waals surface area (Å²) in [5.41, 5.74) is 0. The van der Waals surface area contributed by atoms with E-state index in [2.05, 4.69) is 19.9 Å². The summed E-state index contributed by atoms with van der Waals surface area (Å²) in [6, 6.07) is 13.0. The molecule has 0 aliphatic carbocycles. The Morgan fingerprint density at radius 2 is 0.565 bits per heavy atom. The molecule has 0 atom stereocenters. The summed E-state index contributed by atoms with van der Waals surface area (Å²) >= 11 is 0. The third kappa shape index (κ3) is 77.2. The molecule has 4 rings (SSSR count). The summed E-state index contributed by atoms with van der Waals surface area (Å²) in [6.07, 6.45) is 12.0. The number of aromatic nitrogens is 4. The summed E-state index contributed by atoms with van der Waals surface area (Å²) in [5, 5.41) is 69.8. The maximum absolute atomic E-state index is 8.89. The van der Waals surface area contributed by atoms with Crippen molar-refractivity contribution in [1.82, 2.24) is 19.9 Å². The molecular weight excluding hydrogens is 711 g/mol. The Bertz CT molecular complexity index is 1030. The van der Waals surface area contributed by atoms with E-state index >= 15 is 0 Å². The van der Waals surface area contributed by atoms with Gasteiger partial charge in [-0.25, -0.2) is 0 Å². The molecule has 0 unspecified atom stereocenters. The topological polar surface area (TPSA) is 293 Å². The van der Waals surface area contributed by atoms with Crippen molar-refractivity contribution in [3.05, 3.63) is 98.1 Å². The number of carboxylic acid groups (broad SMARTS) is 4. The Balaban J connectivity index is -0.000000100. The van der Waals surface area contributed by atoms with E-state index in [1.807, 2.05) is 0 Å². The largest absolute Gasteiger partial charge is 2.00 e. The standard InChI is InChI=1S/4C5H5NO.4C2H4O2.2Cu/c4*7-5-2-1-3-6-4-5;4*1-2(3)4;;/h4*1-4,7H;4*1H3,(H,3,4);;/q;;;;;;;;2*+2/p-4. The maximum Gasteiger partial charge on any atom is 2.00 e. The molecule has 46 heavy (non-hydrogen) atoms. The van der Waals surface area contributed by atoms with Crippen molar-refractivity contribution < 1.29 is 94.2 Å². The van der Waals surface area contributed by atoms with Crippen LogP contribution in [0.2, 0.25) is 0 Å². The van der Waals surface area contributed by atoms with Crippen LogP contribution < -0.4 is 20.4 Å². The van der Waals surface area contributed by atoms with E-state index in [0.29, 0.717) is 0 Å². The monoisotopic (exact) mass is 742 g/mol. The summed E-state index contributed by atoms with van der Waals surface area (Å²) in [6.45, 7) is 3.89. The van der Waals surface area contributed by atoms with Crippen LogP contribution in [-0.2, 0) is 53.3 Å². The zero-order valence-corrected chi connectivity index (χ0v) is 26.6. The van der Waals surface area contributed by atoms with Crippen LogP contribution in [0.1, 0.15) is 27.7 Å². The second-order valence-corrected chi connectivity index (χ2v) is 6.81. The average molecular weight is 744 g/mol. The Kier molecular flexibility index (Phi) is 46.0. The molecule has 0 saturated carbocycles. The van der Waals surface area contributed by atoms with Crippen molar-refractivity contribution in [2.24, 2.45) is 0 Å². The van der Waals surface area contributed by atoms with Crippen molar-refractivity contribution >= 4 is 23.9 Å². The van der Waals surface area contributed by atoms with E-state index in [9.17, 15) is 0 Å². The molecule has 0 spiro atoms. The summed E-state index contributed by atoms with van der Waals surface area (Å²) in [5.74, 6) is -3.49. The molecule has 0 fully saturated rings. The van der Waals surface area contributed by atoms with Gasteiger partial charge in [-0.2, -0.15) is 0 Å². The smallest absolute Gasteiger partial charge is 0.550 e. The van der Waals surface area contributed by atoms with Gasteiger partial charge in [0.15, 0.2) is 0 Å². The SMILES string of the molecule is CC(=O)[O-].CC(=O)[O-].CC(=O)[O-].CC(=O)[O-].Oc1cccnc1.Oc1cccnc1.Oc1cccnc1.Oc1cccnc1.[Cu+2].[Cu+2]. The van der Waals surface area contributed by atoms with Gasteiger partial charge in [-0.1, -0.05) is 0 Å². The van der Waals surface area contributed by atoms with Crippen molar-refractivity contribution in [1.29, 1.82) is 0 Å². The van der Waals surface area contributed by atoms with E-state index in [-0.39, 0.29) is 57.1 Å². The summed E-state index contributed by atoms with van der Waals surface area (Å²) in [4.78, 5) is 50.1. The number of carbonyl (C=O) groups is 4. The van der Waals surface area contributed by atoms with Crippen molar-refractivity contribution in [3.8, 4) is 23.0 Å². The Morgan fingerprint density at radius 3 is 0.609 bits per heavy atom. The second kappa shape index (κ2) is 39.7. The molecule has 16 nitrogen and oxygen atoms in total. The van der Waals surface area contributed by atoms with Crippen LogP contribution in [0, 0.1) is 0 Å². The van der Waals surface area contributed by atoms with Crippen molar-refractivity contribution in [2.45, 2.75) is 27.7 Å². The molecular formula is C28H32Cu2N4O12. The molecule has 18 heteroatoms. The molecule has 2 radical (unpaired) electrons. The molecule has 0 bridgehead atoms. The number of rotatable bonds is 0. The van der Waals surface area contributed by atoms with Gasteiger partial charge in [0, 0.05) is 48.7 Å². The third-order valence-corrected chi connectivity index (χ3v) is 2.58. The molecule has 0 amide bonds. The fourth-order valence-corrected chi connectivity index (χ4v) is 1.41. The average Bonchev–Trinajstić information content (AvgIpc) is 2.90. The summed E-state index contributed by atoms with van der Waals surface area (Å²) < 4.78 is 0. The predicted molar refractivity (Wildman–Crippen MR) is 146 cm³/mol. The van der Waals surface area contributed by atoms with Gasteiger partial charge in [-0.15, -0.1) is 0 Å². The molecule has 0 aliphatic rings. The van der Waals surface area contributed by atoms with Gasteiger partial charge < -0.3 is 60.0 Å². The van der Waals surface area contributed by atoms with Crippen LogP contribution in [-0.4, -0.2) is 64.2 Å². The number of aromatic hydroxyl groups is 4. The van der Waals surface area contributed by atoms with E-state index in [1.54, 1.807) is 73.3 Å². The summed E-state index contributed by atoms with van der Waals surface area (Å²) in [7, 11) is 0. The molecule has 4 aromatic rings. The first-order valence-corrected chi connectivity index (χ1v) is 11.6. The molecule has 4 aromatic heterocycles. The Labute approximate surface area is 286 Å². The minimum absolute atomic E-state index is 0. The number of aliphatic carboxylic acids is 4. The van der Waals surface area contributed by atoms with E-state index in [4.69, 9.17) is 60.0 Å². The predicted octanol–water partition coefficient (Wildman–Crippen LogP) is -1.83. The maximum atomic E-state index is 8.89. The van der Waals surface area contributed by atoms with Gasteiger partial charge >= 0.3 is 34.1 Å². The minimum Gasteiger partial charge on any atom is -0.550 e. The van der Waals surface area contributed by atoms with Crippen LogP contribution in [0.15, 0.2) is 98.1 Å². The molecule has 4 N–H and O–H groups in total. The Hall–Kier alpha value is -5.28. The van der Waals surface area contributed by atoms with Crippen molar-refractivity contribution in [3.63, 3.8) is 0 Å². The first kappa shape index (κ1) is 53.3. The second-order valence-electron chi connectivity index (χ2n) is 6.81. The number of nitrogens with zero attached hydrogens (tertiary/aromatic N) is 4. The van der Waals surface area contributed by atoms with Crippen LogP contribution in [0.4, 0.5) is 0 Å². The number of hydrogen-bond donors (Lipinski definition) is 4. The first-order chi connectivity index (χ1) is 20.5. The molecule has 0 aromatic carbocycles. The van der Waals surface area contributed by atoms with Gasteiger partial charge in [-0.3, -0.25) is 19.9 Å². The first-order valence-electron chi connectivity index (χ1n) is 11.6. The Morgan fingerprint density at radius 1 is 0.435 bits per heavy atom. The van der Waals surface area contributed by atoms with Crippen LogP contribution >= 0.6 is 0 Å². The van der Waals surface area contributed by atoms with Gasteiger partial charge in [-0.05, 0) is 76.2 Å². The number of carbonyl (C=O) groups excluding carboxylic acids is 4. The van der Waals surface area contributed by atoms with Crippen LogP contribution in [0.25, 0.3) is 0 Å². The normalized spacial score (nSPS) is 7.39. The van der Waals surface area contributed by atoms with Gasteiger partial charge in [0.25, 0.3) is 0 Å². The molecule has 258 valence electrons. The van der Waals surface area contributed by atoms with Gasteiger partial charge in [0.1, 0.15) is 23.0 Å². The van der Waals surface area contributed by atoms with E-state index in [1.165, 1.54) is 24.8 Å². The molecule has 4 heterocycles. The number of pyridine rings is 4. The zero-order valence-electron chi connectivity index (χ0n) is 24.7. The fourth-order valence-electron chi connectivity index (χ4n) is 1.41. The number of carboxylic acids is 4. The quantitative estimate of drug-likeness (QED) is 0.144. The van der Waals surface area contributed by atoms with Gasteiger partial charge in [0.2, 0.25) is 0 Å². The zero-order chi connectivity index (χ0) is 34.8. The van der Waals surface area contributed by atoms with E-state index in [0.717, 1.165) is 27.7 Å². The van der Waals surface area contributed by atoms with Crippen LogP contribution in [0.3, 0.4) is 0 Å². The van der Waals surface area contributed by atoms with Gasteiger partial charge in [0.05, 0.1) is 24.8 Å². The minimum atomic E-state index is -1.08. The van der Waals surface area contributed by atoms with E-state index < -0.39 is 23.9 Å². The number of hydrogen-bond acceptors (Lipinski definition) is 16.